The highest BCUT2D eigenvalue weighted by molar-refractivity contribution is 5.98. The Hall–Kier alpha value is -1.64. The monoisotopic (exact) mass is 205 g/mol. The van der Waals surface area contributed by atoms with E-state index in [9.17, 15) is 9.59 Å². The lowest BCUT2D eigenvalue weighted by atomic mass is 10.0. The van der Waals surface area contributed by atoms with Crippen molar-refractivity contribution in [1.29, 1.82) is 0 Å². The van der Waals surface area contributed by atoms with Gasteiger partial charge in [0.25, 0.3) is 0 Å². The van der Waals surface area contributed by atoms with Crippen LogP contribution in [0.1, 0.15) is 31.7 Å². The van der Waals surface area contributed by atoms with Crippen LogP contribution in [0.4, 0.5) is 5.69 Å². The molecule has 0 aliphatic heterocycles. The molecule has 0 unspecified atom stereocenters. The summed E-state index contributed by atoms with van der Waals surface area (Å²) in [6.07, 6.45) is 0.514. The van der Waals surface area contributed by atoms with Gasteiger partial charge in [0.15, 0.2) is 0 Å². The van der Waals surface area contributed by atoms with Crippen molar-refractivity contribution in [3.8, 4) is 0 Å². The van der Waals surface area contributed by atoms with Crippen LogP contribution >= 0.6 is 0 Å². The molecule has 1 N–H and O–H groups in total. The highest BCUT2D eigenvalue weighted by atomic mass is 16.2. The molecule has 1 amide bonds. The molecule has 1 aromatic rings. The number of rotatable bonds is 4. The quantitative estimate of drug-likeness (QED) is 0.605. The van der Waals surface area contributed by atoms with Crippen molar-refractivity contribution in [2.24, 2.45) is 0 Å². The SMILES string of the molecule is CC(C)c1ccccc1NC(=O)CC=O. The fourth-order valence-electron chi connectivity index (χ4n) is 1.39. The second kappa shape index (κ2) is 5.29. The Morgan fingerprint density at radius 1 is 1.40 bits per heavy atom. The Labute approximate surface area is 89.5 Å². The number of carbonyl (C=O) groups excluding carboxylic acids is 2. The molecule has 1 rings (SSSR count). The number of benzene rings is 1. The molecule has 0 fully saturated rings. The number of hydrogen-bond donors (Lipinski definition) is 1. The molecular formula is C12H15NO2. The zero-order chi connectivity index (χ0) is 11.3. The lowest BCUT2D eigenvalue weighted by molar-refractivity contribution is -0.119. The van der Waals surface area contributed by atoms with Crippen molar-refractivity contribution < 1.29 is 9.59 Å². The molecule has 0 bridgehead atoms. The van der Waals surface area contributed by atoms with E-state index < -0.39 is 0 Å². The zero-order valence-corrected chi connectivity index (χ0v) is 8.99. The highest BCUT2D eigenvalue weighted by Gasteiger charge is 2.08. The molecule has 0 aromatic heterocycles. The predicted octanol–water partition coefficient (Wildman–Crippen LogP) is 2.34. The normalized spacial score (nSPS) is 10.1. The summed E-state index contributed by atoms with van der Waals surface area (Å²) < 4.78 is 0. The fraction of sp³-hybridized carbons (Fsp3) is 0.333. The van der Waals surface area contributed by atoms with Gasteiger partial charge in [0.2, 0.25) is 5.91 Å². The summed E-state index contributed by atoms with van der Waals surface area (Å²) in [7, 11) is 0. The van der Waals surface area contributed by atoms with E-state index in [2.05, 4.69) is 19.2 Å². The molecule has 80 valence electrons. The van der Waals surface area contributed by atoms with Gasteiger partial charge in [0.05, 0.1) is 6.42 Å². The lowest BCUT2D eigenvalue weighted by Gasteiger charge is -2.12. The van der Waals surface area contributed by atoms with E-state index in [0.29, 0.717) is 12.2 Å². The summed E-state index contributed by atoms with van der Waals surface area (Å²) in [5.41, 5.74) is 1.87. The fourth-order valence-corrected chi connectivity index (χ4v) is 1.39. The van der Waals surface area contributed by atoms with Crippen LogP contribution in [0.15, 0.2) is 24.3 Å². The number of anilines is 1. The average Bonchev–Trinajstić information content (AvgIpc) is 2.18. The van der Waals surface area contributed by atoms with Gasteiger partial charge in [-0.05, 0) is 17.5 Å². The largest absolute Gasteiger partial charge is 0.325 e. The topological polar surface area (TPSA) is 46.2 Å². The minimum atomic E-state index is -0.266. The van der Waals surface area contributed by atoms with Crippen LogP contribution in [0.25, 0.3) is 0 Å². The van der Waals surface area contributed by atoms with Crippen molar-refractivity contribution in [2.75, 3.05) is 5.32 Å². The van der Waals surface area contributed by atoms with Crippen LogP contribution in [-0.4, -0.2) is 12.2 Å². The van der Waals surface area contributed by atoms with Gasteiger partial charge in [-0.15, -0.1) is 0 Å². The predicted molar refractivity (Wildman–Crippen MR) is 59.8 cm³/mol. The van der Waals surface area contributed by atoms with Gasteiger partial charge in [-0.3, -0.25) is 4.79 Å². The standard InChI is InChI=1S/C12H15NO2/c1-9(2)10-5-3-4-6-11(10)13-12(15)7-8-14/h3-6,8-9H,7H2,1-2H3,(H,13,15). The third-order valence-electron chi connectivity index (χ3n) is 2.13. The molecule has 3 nitrogen and oxygen atoms in total. The Bertz CT molecular complexity index is 358. The number of para-hydroxylation sites is 1. The molecule has 0 aliphatic rings. The molecule has 0 saturated carbocycles. The van der Waals surface area contributed by atoms with Gasteiger partial charge in [-0.2, -0.15) is 0 Å². The Morgan fingerprint density at radius 3 is 2.67 bits per heavy atom. The first-order chi connectivity index (χ1) is 7.15. The van der Waals surface area contributed by atoms with E-state index in [1.807, 2.05) is 24.3 Å². The number of carbonyl (C=O) groups is 2. The Balaban J connectivity index is 2.84. The highest BCUT2D eigenvalue weighted by Crippen LogP contribution is 2.23. The van der Waals surface area contributed by atoms with Crippen molar-refractivity contribution >= 4 is 17.9 Å². The molecular weight excluding hydrogens is 190 g/mol. The van der Waals surface area contributed by atoms with Crippen molar-refractivity contribution in [3.05, 3.63) is 29.8 Å². The number of nitrogens with one attached hydrogen (secondary N) is 1. The van der Waals surface area contributed by atoms with Crippen LogP contribution in [-0.2, 0) is 9.59 Å². The van der Waals surface area contributed by atoms with E-state index >= 15 is 0 Å². The summed E-state index contributed by atoms with van der Waals surface area (Å²) in [5.74, 6) is 0.0795. The Morgan fingerprint density at radius 2 is 2.07 bits per heavy atom. The lowest BCUT2D eigenvalue weighted by Crippen LogP contribution is -2.13. The molecule has 0 radical (unpaired) electrons. The molecule has 15 heavy (non-hydrogen) atoms. The van der Waals surface area contributed by atoms with E-state index in [4.69, 9.17) is 0 Å². The van der Waals surface area contributed by atoms with E-state index in [-0.39, 0.29) is 12.3 Å². The summed E-state index contributed by atoms with van der Waals surface area (Å²) in [5, 5.41) is 2.72. The minimum absolute atomic E-state index is 0.0908. The van der Waals surface area contributed by atoms with Gasteiger partial charge in [-0.25, -0.2) is 0 Å². The third kappa shape index (κ3) is 3.20. The van der Waals surface area contributed by atoms with Crippen LogP contribution in [0.5, 0.6) is 0 Å². The van der Waals surface area contributed by atoms with Crippen molar-refractivity contribution in [2.45, 2.75) is 26.2 Å². The van der Waals surface area contributed by atoms with E-state index in [0.717, 1.165) is 11.3 Å². The van der Waals surface area contributed by atoms with Crippen molar-refractivity contribution in [1.82, 2.24) is 0 Å². The second-order valence-corrected chi connectivity index (χ2v) is 3.66. The molecule has 0 spiro atoms. The van der Waals surface area contributed by atoms with Gasteiger partial charge in [0, 0.05) is 5.69 Å². The first-order valence-corrected chi connectivity index (χ1v) is 4.97. The molecule has 0 atom stereocenters. The van der Waals surface area contributed by atoms with Gasteiger partial charge in [-0.1, -0.05) is 32.0 Å². The van der Waals surface area contributed by atoms with Crippen LogP contribution in [0.2, 0.25) is 0 Å². The second-order valence-electron chi connectivity index (χ2n) is 3.66. The molecule has 0 aliphatic carbocycles. The smallest absolute Gasteiger partial charge is 0.231 e. The maximum atomic E-state index is 11.2. The number of amides is 1. The molecule has 3 heteroatoms. The summed E-state index contributed by atoms with van der Waals surface area (Å²) in [4.78, 5) is 21.4. The molecule has 0 heterocycles. The summed E-state index contributed by atoms with van der Waals surface area (Å²) in [6.45, 7) is 4.12. The van der Waals surface area contributed by atoms with Crippen LogP contribution < -0.4 is 5.32 Å². The number of hydrogen-bond acceptors (Lipinski definition) is 2. The molecule has 0 saturated heterocycles. The summed E-state index contributed by atoms with van der Waals surface area (Å²) >= 11 is 0. The maximum Gasteiger partial charge on any atom is 0.231 e. The van der Waals surface area contributed by atoms with Crippen LogP contribution in [0.3, 0.4) is 0 Å². The summed E-state index contributed by atoms with van der Waals surface area (Å²) in [6, 6.07) is 7.62. The van der Waals surface area contributed by atoms with E-state index in [1.54, 1.807) is 0 Å². The number of aldehydes is 1. The zero-order valence-electron chi connectivity index (χ0n) is 8.99. The van der Waals surface area contributed by atoms with Crippen molar-refractivity contribution in [3.63, 3.8) is 0 Å². The molecule has 1 aromatic carbocycles. The van der Waals surface area contributed by atoms with E-state index in [1.165, 1.54) is 0 Å². The minimum Gasteiger partial charge on any atom is -0.325 e. The Kier molecular flexibility index (Phi) is 4.03. The first kappa shape index (κ1) is 11.4. The van der Waals surface area contributed by atoms with Gasteiger partial charge < -0.3 is 10.1 Å². The maximum absolute atomic E-state index is 11.2. The average molecular weight is 205 g/mol. The van der Waals surface area contributed by atoms with Crippen LogP contribution in [0, 0.1) is 0 Å². The third-order valence-corrected chi connectivity index (χ3v) is 2.13. The van der Waals surface area contributed by atoms with Gasteiger partial charge >= 0.3 is 0 Å². The first-order valence-electron chi connectivity index (χ1n) is 4.97. The van der Waals surface area contributed by atoms with Gasteiger partial charge in [0.1, 0.15) is 6.29 Å².